The Morgan fingerprint density at radius 2 is 2.29 bits per heavy atom. The molecule has 0 bridgehead atoms. The Morgan fingerprint density at radius 1 is 1.57 bits per heavy atom. The van der Waals surface area contributed by atoms with E-state index in [1.165, 1.54) is 25.3 Å². The average molecular weight is 197 g/mol. The van der Waals surface area contributed by atoms with Crippen LogP contribution >= 0.6 is 0 Å². The van der Waals surface area contributed by atoms with Gasteiger partial charge in [0.25, 0.3) is 0 Å². The zero-order valence-electron chi connectivity index (χ0n) is 8.13. The highest BCUT2D eigenvalue weighted by molar-refractivity contribution is 6.00. The fourth-order valence-corrected chi connectivity index (χ4v) is 1.15. The maximum atomic E-state index is 12.8. The Balaban J connectivity index is 3.01. The molecule has 0 aliphatic rings. The normalized spacial score (nSPS) is 9.93. The van der Waals surface area contributed by atoms with Crippen LogP contribution in [-0.2, 0) is 0 Å². The van der Waals surface area contributed by atoms with Gasteiger partial charge in [0.05, 0.1) is 19.2 Å². The van der Waals surface area contributed by atoms with Crippen molar-refractivity contribution in [3.63, 3.8) is 0 Å². The van der Waals surface area contributed by atoms with E-state index >= 15 is 0 Å². The summed E-state index contributed by atoms with van der Waals surface area (Å²) in [6.45, 7) is 0.210. The van der Waals surface area contributed by atoms with Gasteiger partial charge in [0, 0.05) is 6.07 Å². The minimum Gasteiger partial charge on any atom is -0.496 e. The van der Waals surface area contributed by atoms with Crippen molar-refractivity contribution >= 4 is 5.78 Å². The number of carbonyl (C=O) groups excluding carboxylic acids is 1. The Labute approximate surface area is 81.9 Å². The molecule has 0 saturated carbocycles. The molecule has 3 nitrogen and oxygen atoms in total. The molecule has 14 heavy (non-hydrogen) atoms. The van der Waals surface area contributed by atoms with Crippen LogP contribution in [0.3, 0.4) is 0 Å². The molecular formula is C10H12FNO2. The van der Waals surface area contributed by atoms with E-state index in [1.807, 2.05) is 0 Å². The van der Waals surface area contributed by atoms with Crippen LogP contribution in [0.15, 0.2) is 18.2 Å². The van der Waals surface area contributed by atoms with Crippen molar-refractivity contribution in [2.45, 2.75) is 0 Å². The Morgan fingerprint density at radius 3 is 2.86 bits per heavy atom. The topological polar surface area (TPSA) is 38.3 Å². The zero-order chi connectivity index (χ0) is 10.6. The van der Waals surface area contributed by atoms with Crippen molar-refractivity contribution in [2.75, 3.05) is 20.7 Å². The fraction of sp³-hybridized carbons (Fsp3) is 0.300. The van der Waals surface area contributed by atoms with E-state index < -0.39 is 5.82 Å². The highest BCUT2D eigenvalue weighted by atomic mass is 19.1. The molecule has 76 valence electrons. The van der Waals surface area contributed by atoms with Gasteiger partial charge in [0.1, 0.15) is 11.6 Å². The van der Waals surface area contributed by atoms with Gasteiger partial charge in [-0.1, -0.05) is 0 Å². The molecule has 0 spiro atoms. The summed E-state index contributed by atoms with van der Waals surface area (Å²) in [5.74, 6) is -0.266. The number of carbonyl (C=O) groups is 1. The number of nitrogens with one attached hydrogen (secondary N) is 1. The molecule has 0 saturated heterocycles. The second kappa shape index (κ2) is 4.72. The molecule has 0 aromatic heterocycles. The van der Waals surface area contributed by atoms with E-state index in [9.17, 15) is 9.18 Å². The van der Waals surface area contributed by atoms with E-state index in [0.29, 0.717) is 5.56 Å². The number of Topliss-reactive ketones (excluding diaryl/α,β-unsaturated/α-hetero) is 1. The van der Waals surface area contributed by atoms with E-state index in [0.717, 1.165) is 0 Å². The first-order valence-electron chi connectivity index (χ1n) is 4.20. The summed E-state index contributed by atoms with van der Waals surface area (Å²) in [4.78, 5) is 11.5. The van der Waals surface area contributed by atoms with Crippen LogP contribution < -0.4 is 10.1 Å². The predicted octanol–water partition coefficient (Wildman–Crippen LogP) is 1.24. The number of hydrogen-bond donors (Lipinski definition) is 1. The summed E-state index contributed by atoms with van der Waals surface area (Å²) in [6.07, 6.45) is 0. The van der Waals surface area contributed by atoms with Gasteiger partial charge in [0.15, 0.2) is 5.78 Å². The maximum absolute atomic E-state index is 12.8. The van der Waals surface area contributed by atoms with Crippen molar-refractivity contribution in [3.05, 3.63) is 29.6 Å². The van der Waals surface area contributed by atoms with Gasteiger partial charge in [-0.05, 0) is 19.2 Å². The first-order chi connectivity index (χ1) is 6.69. The Hall–Kier alpha value is -1.42. The van der Waals surface area contributed by atoms with Gasteiger partial charge in [-0.3, -0.25) is 4.79 Å². The molecule has 1 aromatic carbocycles. The molecule has 0 amide bonds. The third-order valence-electron chi connectivity index (χ3n) is 1.80. The lowest BCUT2D eigenvalue weighted by Gasteiger charge is -2.06. The van der Waals surface area contributed by atoms with E-state index in [4.69, 9.17) is 4.74 Å². The minimum absolute atomic E-state index is 0.121. The van der Waals surface area contributed by atoms with E-state index in [2.05, 4.69) is 5.32 Å². The number of benzene rings is 1. The molecule has 0 aliphatic carbocycles. The maximum Gasteiger partial charge on any atom is 0.180 e. The summed E-state index contributed by atoms with van der Waals surface area (Å²) < 4.78 is 17.7. The molecule has 1 rings (SSSR count). The molecule has 4 heteroatoms. The zero-order valence-corrected chi connectivity index (χ0v) is 8.13. The highest BCUT2D eigenvalue weighted by Crippen LogP contribution is 2.19. The largest absolute Gasteiger partial charge is 0.496 e. The summed E-state index contributed by atoms with van der Waals surface area (Å²) >= 11 is 0. The van der Waals surface area contributed by atoms with Crippen LogP contribution in [0.5, 0.6) is 5.75 Å². The van der Waals surface area contributed by atoms with Crippen LogP contribution in [0, 0.1) is 5.82 Å². The van der Waals surface area contributed by atoms with Gasteiger partial charge in [-0.15, -0.1) is 0 Å². The van der Waals surface area contributed by atoms with Crippen LogP contribution in [-0.4, -0.2) is 26.5 Å². The number of ether oxygens (including phenoxy) is 1. The van der Waals surface area contributed by atoms with Crippen molar-refractivity contribution in [1.29, 1.82) is 0 Å². The van der Waals surface area contributed by atoms with Crippen molar-refractivity contribution in [3.8, 4) is 5.75 Å². The average Bonchev–Trinajstić information content (AvgIpc) is 2.17. The summed E-state index contributed by atoms with van der Waals surface area (Å²) in [6, 6.07) is 3.86. The first-order valence-corrected chi connectivity index (χ1v) is 4.20. The van der Waals surface area contributed by atoms with E-state index in [-0.39, 0.29) is 18.1 Å². The lowest BCUT2D eigenvalue weighted by atomic mass is 10.1. The number of rotatable bonds is 4. The number of halogens is 1. The highest BCUT2D eigenvalue weighted by Gasteiger charge is 2.11. The molecule has 0 heterocycles. The van der Waals surface area contributed by atoms with Crippen molar-refractivity contribution in [1.82, 2.24) is 5.32 Å². The second-order valence-electron chi connectivity index (χ2n) is 2.80. The lowest BCUT2D eigenvalue weighted by Crippen LogP contribution is -2.19. The molecular weight excluding hydrogens is 185 g/mol. The van der Waals surface area contributed by atoms with Gasteiger partial charge in [0.2, 0.25) is 0 Å². The summed E-state index contributed by atoms with van der Waals surface area (Å²) in [7, 11) is 3.08. The number of likely N-dealkylation sites (N-methyl/N-ethyl adjacent to an activating group) is 1. The molecule has 0 fully saturated rings. The fourth-order valence-electron chi connectivity index (χ4n) is 1.15. The number of hydrogen-bond acceptors (Lipinski definition) is 3. The van der Waals surface area contributed by atoms with Crippen LogP contribution in [0.1, 0.15) is 10.4 Å². The van der Waals surface area contributed by atoms with Gasteiger partial charge in [-0.2, -0.15) is 0 Å². The third kappa shape index (κ3) is 2.29. The molecule has 1 aromatic rings. The van der Waals surface area contributed by atoms with Crippen LogP contribution in [0.25, 0.3) is 0 Å². The molecule has 1 N–H and O–H groups in total. The van der Waals surface area contributed by atoms with Crippen molar-refractivity contribution in [2.24, 2.45) is 0 Å². The third-order valence-corrected chi connectivity index (χ3v) is 1.80. The molecule has 0 unspecified atom stereocenters. The number of methoxy groups -OCH3 is 1. The Kier molecular flexibility index (Phi) is 3.59. The van der Waals surface area contributed by atoms with Crippen molar-refractivity contribution < 1.29 is 13.9 Å². The first kappa shape index (κ1) is 10.7. The standard InChI is InChI=1S/C10H12FNO2/c1-12-6-9(13)8-4-3-7(11)5-10(8)14-2/h3-5,12H,6H2,1-2H3. The van der Waals surface area contributed by atoms with Gasteiger partial charge < -0.3 is 10.1 Å². The van der Waals surface area contributed by atoms with Gasteiger partial charge in [-0.25, -0.2) is 4.39 Å². The molecule has 0 aliphatic heterocycles. The second-order valence-corrected chi connectivity index (χ2v) is 2.80. The van der Waals surface area contributed by atoms with Crippen LogP contribution in [0.2, 0.25) is 0 Å². The monoisotopic (exact) mass is 197 g/mol. The summed E-state index contributed by atoms with van der Waals surface area (Å²) in [5, 5.41) is 2.73. The number of ketones is 1. The molecule has 0 atom stereocenters. The lowest BCUT2D eigenvalue weighted by molar-refractivity contribution is 0.0990. The smallest absolute Gasteiger partial charge is 0.180 e. The quantitative estimate of drug-likeness (QED) is 0.738. The van der Waals surface area contributed by atoms with Gasteiger partial charge >= 0.3 is 0 Å². The SMILES string of the molecule is CNCC(=O)c1ccc(F)cc1OC. The predicted molar refractivity (Wildman–Crippen MR) is 51.2 cm³/mol. The summed E-state index contributed by atoms with van der Waals surface area (Å²) in [5.41, 5.74) is 0.392. The Bertz CT molecular complexity index is 339. The molecule has 0 radical (unpaired) electrons. The minimum atomic E-state index is -0.414. The van der Waals surface area contributed by atoms with Crippen LogP contribution in [0.4, 0.5) is 4.39 Å². The van der Waals surface area contributed by atoms with E-state index in [1.54, 1.807) is 7.05 Å².